The number of aryl methyl sites for hydroxylation is 1. The molecule has 2 aliphatic rings. The zero-order chi connectivity index (χ0) is 18.4. The largest absolute Gasteiger partial charge is 0.376 e. The monoisotopic (exact) mass is 359 g/mol. The van der Waals surface area contributed by atoms with E-state index in [4.69, 9.17) is 4.74 Å². The Morgan fingerprint density at radius 2 is 1.96 bits per heavy atom. The molecular formula is C21H33N3O2. The molecule has 2 atom stereocenters. The fourth-order valence-corrected chi connectivity index (χ4v) is 4.13. The van der Waals surface area contributed by atoms with E-state index in [1.165, 1.54) is 43.4 Å². The Kier molecular flexibility index (Phi) is 6.78. The Balaban J connectivity index is 1.39. The Morgan fingerprint density at radius 3 is 2.69 bits per heavy atom. The van der Waals surface area contributed by atoms with Gasteiger partial charge in [0.05, 0.1) is 12.7 Å². The van der Waals surface area contributed by atoms with Crippen LogP contribution in [0.5, 0.6) is 0 Å². The smallest absolute Gasteiger partial charge is 0.319 e. The predicted molar refractivity (Wildman–Crippen MR) is 107 cm³/mol. The van der Waals surface area contributed by atoms with Gasteiger partial charge in [0, 0.05) is 31.0 Å². The summed E-state index contributed by atoms with van der Waals surface area (Å²) in [6, 6.07) is 5.98. The van der Waals surface area contributed by atoms with Crippen molar-refractivity contribution in [3.8, 4) is 0 Å². The second-order valence-electron chi connectivity index (χ2n) is 7.75. The first-order valence-electron chi connectivity index (χ1n) is 10.2. The highest BCUT2D eigenvalue weighted by Crippen LogP contribution is 2.27. The average molecular weight is 360 g/mol. The van der Waals surface area contributed by atoms with Gasteiger partial charge in [-0.3, -0.25) is 0 Å². The number of carbonyl (C=O) groups excluding carboxylic acids is 1. The van der Waals surface area contributed by atoms with Crippen LogP contribution in [0.1, 0.15) is 51.0 Å². The molecule has 1 saturated carbocycles. The summed E-state index contributed by atoms with van der Waals surface area (Å²) >= 11 is 0. The second kappa shape index (κ2) is 9.26. The minimum Gasteiger partial charge on any atom is -0.376 e. The van der Waals surface area contributed by atoms with E-state index < -0.39 is 0 Å². The van der Waals surface area contributed by atoms with Crippen LogP contribution in [0.25, 0.3) is 0 Å². The summed E-state index contributed by atoms with van der Waals surface area (Å²) in [5, 5.41) is 5.81. The van der Waals surface area contributed by atoms with E-state index in [2.05, 4.69) is 35.4 Å². The lowest BCUT2D eigenvalue weighted by atomic mass is 9.88. The van der Waals surface area contributed by atoms with Crippen molar-refractivity contribution in [1.29, 1.82) is 0 Å². The zero-order valence-electron chi connectivity index (χ0n) is 16.2. The molecule has 2 amide bonds. The van der Waals surface area contributed by atoms with Gasteiger partial charge in [-0.05, 0) is 62.3 Å². The highest BCUT2D eigenvalue weighted by molar-refractivity contribution is 5.89. The number of nitrogens with one attached hydrogen (secondary N) is 2. The van der Waals surface area contributed by atoms with E-state index in [0.717, 1.165) is 25.2 Å². The molecule has 0 unspecified atom stereocenters. The molecular weight excluding hydrogens is 326 g/mol. The zero-order valence-corrected chi connectivity index (χ0v) is 16.2. The van der Waals surface area contributed by atoms with Crippen molar-refractivity contribution in [3.05, 3.63) is 23.8 Å². The molecule has 0 spiro atoms. The van der Waals surface area contributed by atoms with Crippen molar-refractivity contribution in [1.82, 2.24) is 5.32 Å². The van der Waals surface area contributed by atoms with Crippen LogP contribution in [-0.4, -0.2) is 38.4 Å². The van der Waals surface area contributed by atoms with E-state index in [1.807, 2.05) is 12.1 Å². The molecule has 0 aromatic heterocycles. The fraction of sp³-hybridized carbons (Fsp3) is 0.667. The van der Waals surface area contributed by atoms with Crippen LogP contribution >= 0.6 is 0 Å². The molecule has 2 fully saturated rings. The number of amides is 2. The number of carbonyl (C=O) groups is 1. The maximum Gasteiger partial charge on any atom is 0.319 e. The van der Waals surface area contributed by atoms with Gasteiger partial charge in [-0.15, -0.1) is 0 Å². The van der Waals surface area contributed by atoms with Crippen molar-refractivity contribution in [2.75, 3.05) is 36.5 Å². The van der Waals surface area contributed by atoms with E-state index in [9.17, 15) is 4.79 Å². The van der Waals surface area contributed by atoms with E-state index >= 15 is 0 Å². The minimum atomic E-state index is -0.168. The Hall–Kier alpha value is -1.75. The molecule has 2 N–H and O–H groups in total. The van der Waals surface area contributed by atoms with Crippen LogP contribution in [0.3, 0.4) is 0 Å². The molecule has 26 heavy (non-hydrogen) atoms. The molecule has 0 bridgehead atoms. The van der Waals surface area contributed by atoms with Crippen LogP contribution in [0.15, 0.2) is 18.2 Å². The summed E-state index contributed by atoms with van der Waals surface area (Å²) in [6.07, 6.45) is 7.87. The lowest BCUT2D eigenvalue weighted by Crippen LogP contribution is -2.34. The Morgan fingerprint density at radius 1 is 1.19 bits per heavy atom. The Labute approximate surface area is 157 Å². The molecule has 5 nitrogen and oxygen atoms in total. The molecule has 1 heterocycles. The first kappa shape index (κ1) is 19.0. The number of rotatable bonds is 6. The van der Waals surface area contributed by atoms with E-state index in [-0.39, 0.29) is 6.03 Å². The topological polar surface area (TPSA) is 53.6 Å². The van der Waals surface area contributed by atoms with E-state index in [0.29, 0.717) is 25.2 Å². The van der Waals surface area contributed by atoms with Crippen molar-refractivity contribution >= 4 is 17.4 Å². The van der Waals surface area contributed by atoms with Crippen LogP contribution < -0.4 is 15.5 Å². The second-order valence-corrected chi connectivity index (χ2v) is 7.75. The molecule has 5 heteroatoms. The van der Waals surface area contributed by atoms with Gasteiger partial charge in [0.25, 0.3) is 0 Å². The third-order valence-corrected chi connectivity index (χ3v) is 5.65. The summed E-state index contributed by atoms with van der Waals surface area (Å²) in [5.74, 6) is 0.634. The lowest BCUT2D eigenvalue weighted by molar-refractivity contribution is -0.00232. The van der Waals surface area contributed by atoms with Crippen molar-refractivity contribution < 1.29 is 9.53 Å². The number of ether oxygens (including phenoxy) is 1. The summed E-state index contributed by atoms with van der Waals surface area (Å²) in [5.41, 5.74) is 3.33. The summed E-state index contributed by atoms with van der Waals surface area (Å²) in [7, 11) is 0. The van der Waals surface area contributed by atoms with Gasteiger partial charge in [0.15, 0.2) is 0 Å². The van der Waals surface area contributed by atoms with Gasteiger partial charge in [-0.25, -0.2) is 4.79 Å². The summed E-state index contributed by atoms with van der Waals surface area (Å²) < 4.78 is 5.94. The molecule has 0 radical (unpaired) electrons. The molecule has 144 valence electrons. The molecule has 1 aromatic rings. The molecule has 1 aromatic carbocycles. The van der Waals surface area contributed by atoms with Gasteiger partial charge in [-0.2, -0.15) is 0 Å². The number of benzene rings is 1. The predicted octanol–water partition coefficient (Wildman–Crippen LogP) is 4.31. The Bertz CT molecular complexity index is 599. The van der Waals surface area contributed by atoms with Crippen LogP contribution in [0.2, 0.25) is 0 Å². The number of anilines is 2. The standard InChI is InChI=1S/C21H33N3O2/c1-16-7-3-4-8-20(16)26-14-11-22-21(25)23-18-9-10-19(17(2)15-18)24-12-5-6-13-24/h9-10,15-16,20H,3-8,11-14H2,1-2H3,(H2,22,23,25)/t16-,20-/m1/s1. The number of urea groups is 1. The first-order valence-corrected chi connectivity index (χ1v) is 10.2. The van der Waals surface area contributed by atoms with Crippen LogP contribution in [0.4, 0.5) is 16.2 Å². The van der Waals surface area contributed by atoms with Gasteiger partial charge in [-0.1, -0.05) is 19.8 Å². The fourth-order valence-electron chi connectivity index (χ4n) is 4.13. The van der Waals surface area contributed by atoms with Gasteiger partial charge < -0.3 is 20.3 Å². The first-order chi connectivity index (χ1) is 12.6. The van der Waals surface area contributed by atoms with Crippen molar-refractivity contribution in [2.24, 2.45) is 5.92 Å². The number of hydrogen-bond acceptors (Lipinski definition) is 3. The highest BCUT2D eigenvalue weighted by Gasteiger charge is 2.21. The molecule has 1 aliphatic heterocycles. The highest BCUT2D eigenvalue weighted by atomic mass is 16.5. The third-order valence-electron chi connectivity index (χ3n) is 5.65. The van der Waals surface area contributed by atoms with Crippen LogP contribution in [-0.2, 0) is 4.74 Å². The summed E-state index contributed by atoms with van der Waals surface area (Å²) in [4.78, 5) is 14.5. The maximum atomic E-state index is 12.1. The van der Waals surface area contributed by atoms with E-state index in [1.54, 1.807) is 0 Å². The van der Waals surface area contributed by atoms with Gasteiger partial charge >= 0.3 is 6.03 Å². The minimum absolute atomic E-state index is 0.168. The SMILES string of the molecule is Cc1cc(NC(=O)NCCO[C@@H]2CCCC[C@H]2C)ccc1N1CCCC1. The molecule has 1 saturated heterocycles. The number of hydrogen-bond donors (Lipinski definition) is 2. The number of nitrogens with zero attached hydrogens (tertiary/aromatic N) is 1. The maximum absolute atomic E-state index is 12.1. The average Bonchev–Trinajstić information content (AvgIpc) is 3.14. The summed E-state index contributed by atoms with van der Waals surface area (Å²) in [6.45, 7) is 7.75. The van der Waals surface area contributed by atoms with Crippen molar-refractivity contribution in [3.63, 3.8) is 0 Å². The van der Waals surface area contributed by atoms with Crippen molar-refractivity contribution in [2.45, 2.75) is 58.5 Å². The van der Waals surface area contributed by atoms with Gasteiger partial charge in [0.2, 0.25) is 0 Å². The quantitative estimate of drug-likeness (QED) is 0.744. The lowest BCUT2D eigenvalue weighted by Gasteiger charge is -2.28. The normalized spacial score (nSPS) is 23.1. The van der Waals surface area contributed by atoms with Gasteiger partial charge in [0.1, 0.15) is 0 Å². The molecule has 3 rings (SSSR count). The molecule has 1 aliphatic carbocycles. The third kappa shape index (κ3) is 5.13. The van der Waals surface area contributed by atoms with Crippen LogP contribution in [0, 0.1) is 12.8 Å².